The van der Waals surface area contributed by atoms with Gasteiger partial charge in [-0.3, -0.25) is 9.88 Å². The van der Waals surface area contributed by atoms with Gasteiger partial charge in [0.2, 0.25) is 0 Å². The maximum atomic E-state index is 14.3. The number of likely N-dealkylation sites (tertiary alicyclic amines) is 1. The lowest BCUT2D eigenvalue weighted by Gasteiger charge is -2.32. The van der Waals surface area contributed by atoms with Crippen molar-refractivity contribution in [3.05, 3.63) is 101 Å². The van der Waals surface area contributed by atoms with Crippen LogP contribution in [0.5, 0.6) is 0 Å². The Balaban J connectivity index is 1.10. The van der Waals surface area contributed by atoms with Crippen LogP contribution in [0.15, 0.2) is 61.2 Å². The third-order valence-corrected chi connectivity index (χ3v) is 8.37. The number of hydrogen-bond donors (Lipinski definition) is 1. The number of rotatable bonds is 9. The second kappa shape index (κ2) is 11.8. The minimum atomic E-state index is -0.333. The standard InChI is InChI=1S/C33H34FN5O2/c1-22(40)26-8-10-31-32(18-26)39(20-28-13-16-41-28)33(37-31)21-38-14-11-25(12-15-38)30-4-2-3-27(36-30)9-7-24-6-5-23(19-35)17-29(24)34/h2-6,8,10,17-18,25,28,40H,1,7,9,11-16,20-21H2. The number of nitriles is 1. The largest absolute Gasteiger partial charge is 0.508 e. The van der Waals surface area contributed by atoms with Gasteiger partial charge in [-0.25, -0.2) is 9.37 Å². The number of aryl methyl sites for hydroxylation is 2. The molecule has 2 saturated heterocycles. The van der Waals surface area contributed by atoms with Crippen LogP contribution in [0.2, 0.25) is 0 Å². The normalized spacial score (nSPS) is 17.8. The minimum Gasteiger partial charge on any atom is -0.508 e. The fourth-order valence-corrected chi connectivity index (χ4v) is 5.84. The fourth-order valence-electron chi connectivity index (χ4n) is 5.84. The maximum absolute atomic E-state index is 14.3. The average Bonchev–Trinajstić information content (AvgIpc) is 3.30. The molecule has 8 heteroatoms. The number of halogens is 1. The molecule has 2 aromatic heterocycles. The second-order valence-corrected chi connectivity index (χ2v) is 11.1. The highest BCUT2D eigenvalue weighted by molar-refractivity contribution is 5.80. The molecule has 0 radical (unpaired) electrons. The molecular formula is C33H34FN5O2. The predicted octanol–water partition coefficient (Wildman–Crippen LogP) is 5.92. The molecule has 4 heterocycles. The molecule has 2 aliphatic heterocycles. The summed E-state index contributed by atoms with van der Waals surface area (Å²) in [5.41, 5.74) is 5.64. The van der Waals surface area contributed by atoms with Crippen LogP contribution in [0.3, 0.4) is 0 Å². The average molecular weight is 552 g/mol. The van der Waals surface area contributed by atoms with Crippen LogP contribution in [0.1, 0.15) is 59.1 Å². The van der Waals surface area contributed by atoms with Gasteiger partial charge in [-0.15, -0.1) is 0 Å². The molecule has 6 rings (SSSR count). The van der Waals surface area contributed by atoms with Crippen LogP contribution in [0.25, 0.3) is 16.8 Å². The fraction of sp³-hybridized carbons (Fsp3) is 0.364. The van der Waals surface area contributed by atoms with E-state index in [1.54, 1.807) is 12.1 Å². The first kappa shape index (κ1) is 27.1. The molecule has 0 bridgehead atoms. The summed E-state index contributed by atoms with van der Waals surface area (Å²) in [6.07, 6.45) is 4.48. The SMILES string of the molecule is C=C(O)c1ccc2nc(CN3CCC(c4cccc(CCc5ccc(C#N)cc5F)n4)CC3)n(CC3CCO3)c2c1. The number of pyridine rings is 1. The minimum absolute atomic E-state index is 0.0577. The highest BCUT2D eigenvalue weighted by atomic mass is 19.1. The van der Waals surface area contributed by atoms with Gasteiger partial charge in [-0.1, -0.05) is 18.7 Å². The summed E-state index contributed by atoms with van der Waals surface area (Å²) >= 11 is 0. The Morgan fingerprint density at radius 3 is 2.61 bits per heavy atom. The van der Waals surface area contributed by atoms with Crippen LogP contribution >= 0.6 is 0 Å². The third-order valence-electron chi connectivity index (χ3n) is 8.37. The van der Waals surface area contributed by atoms with E-state index in [0.29, 0.717) is 35.4 Å². The summed E-state index contributed by atoms with van der Waals surface area (Å²) in [5.74, 6) is 1.13. The number of fused-ring (bicyclic) bond motifs is 1. The van der Waals surface area contributed by atoms with E-state index in [4.69, 9.17) is 20.0 Å². The molecule has 1 N–H and O–H groups in total. The number of ether oxygens (including phenoxy) is 1. The Kier molecular flexibility index (Phi) is 7.82. The van der Waals surface area contributed by atoms with Crippen LogP contribution < -0.4 is 0 Å². The molecular weight excluding hydrogens is 517 g/mol. The number of aliphatic hydroxyl groups is 1. The lowest BCUT2D eigenvalue weighted by molar-refractivity contribution is -0.0592. The highest BCUT2D eigenvalue weighted by Crippen LogP contribution is 2.29. The molecule has 210 valence electrons. The van der Waals surface area contributed by atoms with Gasteiger partial charge < -0.3 is 14.4 Å². The van der Waals surface area contributed by atoms with Gasteiger partial charge in [0, 0.05) is 29.5 Å². The van der Waals surface area contributed by atoms with E-state index >= 15 is 0 Å². The zero-order valence-electron chi connectivity index (χ0n) is 23.1. The van der Waals surface area contributed by atoms with E-state index in [9.17, 15) is 9.50 Å². The van der Waals surface area contributed by atoms with E-state index in [1.807, 2.05) is 30.3 Å². The number of piperidine rings is 1. The van der Waals surface area contributed by atoms with Gasteiger partial charge >= 0.3 is 0 Å². The number of hydrogen-bond acceptors (Lipinski definition) is 6. The van der Waals surface area contributed by atoms with Gasteiger partial charge in [0.1, 0.15) is 17.4 Å². The third kappa shape index (κ3) is 6.02. The van der Waals surface area contributed by atoms with E-state index < -0.39 is 0 Å². The summed E-state index contributed by atoms with van der Waals surface area (Å²) < 4.78 is 22.3. The Bertz CT molecular complexity index is 1610. The summed E-state index contributed by atoms with van der Waals surface area (Å²) in [7, 11) is 0. The molecule has 2 fully saturated rings. The predicted molar refractivity (Wildman–Crippen MR) is 156 cm³/mol. The Labute approximate surface area is 239 Å². The molecule has 1 atom stereocenters. The summed E-state index contributed by atoms with van der Waals surface area (Å²) in [4.78, 5) is 12.4. The molecule has 2 aliphatic rings. The van der Waals surface area contributed by atoms with Crippen molar-refractivity contribution in [3.8, 4) is 6.07 Å². The first-order valence-corrected chi connectivity index (χ1v) is 14.3. The van der Waals surface area contributed by atoms with Crippen molar-refractivity contribution >= 4 is 16.8 Å². The highest BCUT2D eigenvalue weighted by Gasteiger charge is 2.26. The molecule has 7 nitrogen and oxygen atoms in total. The Hall–Kier alpha value is -4.06. The number of aliphatic hydroxyl groups excluding tert-OH is 1. The van der Waals surface area contributed by atoms with Crippen LogP contribution in [0, 0.1) is 17.1 Å². The number of imidazole rings is 1. The Morgan fingerprint density at radius 2 is 1.90 bits per heavy atom. The quantitative estimate of drug-likeness (QED) is 0.260. The van der Waals surface area contributed by atoms with Crippen molar-refractivity contribution in [2.45, 2.75) is 57.2 Å². The van der Waals surface area contributed by atoms with Crippen LogP contribution in [-0.4, -0.2) is 50.3 Å². The van der Waals surface area contributed by atoms with E-state index in [-0.39, 0.29) is 17.7 Å². The molecule has 41 heavy (non-hydrogen) atoms. The van der Waals surface area contributed by atoms with Crippen molar-refractivity contribution in [1.29, 1.82) is 5.26 Å². The number of benzene rings is 2. The van der Waals surface area contributed by atoms with Crippen LogP contribution in [0.4, 0.5) is 4.39 Å². The molecule has 2 aromatic carbocycles. The van der Waals surface area contributed by atoms with Gasteiger partial charge in [0.05, 0.1) is 41.9 Å². The smallest absolute Gasteiger partial charge is 0.127 e. The van der Waals surface area contributed by atoms with Crippen molar-refractivity contribution in [2.24, 2.45) is 0 Å². The van der Waals surface area contributed by atoms with E-state index in [0.717, 1.165) is 80.3 Å². The molecule has 0 saturated carbocycles. The number of aromatic nitrogens is 3. The first-order chi connectivity index (χ1) is 20.0. The summed E-state index contributed by atoms with van der Waals surface area (Å²) in [6.45, 7) is 7.91. The summed E-state index contributed by atoms with van der Waals surface area (Å²) in [5, 5.41) is 18.9. The maximum Gasteiger partial charge on any atom is 0.127 e. The molecule has 0 amide bonds. The topological polar surface area (TPSA) is 87.2 Å². The lowest BCUT2D eigenvalue weighted by atomic mass is 9.92. The zero-order valence-corrected chi connectivity index (χ0v) is 23.1. The van der Waals surface area contributed by atoms with Crippen molar-refractivity contribution in [3.63, 3.8) is 0 Å². The summed E-state index contributed by atoms with van der Waals surface area (Å²) in [6, 6.07) is 18.6. The molecule has 0 spiro atoms. The van der Waals surface area contributed by atoms with Crippen molar-refractivity contribution < 1.29 is 14.2 Å². The molecule has 1 unspecified atom stereocenters. The zero-order chi connectivity index (χ0) is 28.3. The van der Waals surface area contributed by atoms with Gasteiger partial charge in [0.15, 0.2) is 0 Å². The van der Waals surface area contributed by atoms with Gasteiger partial charge in [-0.2, -0.15) is 5.26 Å². The first-order valence-electron chi connectivity index (χ1n) is 14.3. The van der Waals surface area contributed by atoms with E-state index in [1.165, 1.54) is 6.07 Å². The van der Waals surface area contributed by atoms with Gasteiger partial charge in [0.25, 0.3) is 0 Å². The van der Waals surface area contributed by atoms with E-state index in [2.05, 4.69) is 28.2 Å². The number of nitrogens with zero attached hydrogens (tertiary/aromatic N) is 5. The molecule has 4 aromatic rings. The lowest BCUT2D eigenvalue weighted by Crippen LogP contribution is -2.35. The Morgan fingerprint density at radius 1 is 1.07 bits per heavy atom. The monoisotopic (exact) mass is 551 g/mol. The van der Waals surface area contributed by atoms with Gasteiger partial charge in [-0.05, 0) is 93.2 Å². The molecule has 0 aliphatic carbocycles. The second-order valence-electron chi connectivity index (χ2n) is 11.1. The van der Waals surface area contributed by atoms with Crippen LogP contribution in [-0.2, 0) is 30.7 Å². The van der Waals surface area contributed by atoms with Crippen molar-refractivity contribution in [1.82, 2.24) is 19.4 Å². The van der Waals surface area contributed by atoms with Crippen molar-refractivity contribution in [2.75, 3.05) is 19.7 Å².